The third-order valence-corrected chi connectivity index (χ3v) is 5.89. The Balaban J connectivity index is 3.55. The molecule has 0 aliphatic heterocycles. The average Bonchev–Trinajstić information content (AvgIpc) is 2.37. The van der Waals surface area contributed by atoms with E-state index in [4.69, 9.17) is 11.6 Å². The molecule has 0 spiro atoms. The Morgan fingerprint density at radius 2 is 1.76 bits per heavy atom. The van der Waals surface area contributed by atoms with Crippen LogP contribution in [0.5, 0.6) is 0 Å². The van der Waals surface area contributed by atoms with Gasteiger partial charge in [-0.2, -0.15) is 0 Å². The van der Waals surface area contributed by atoms with Crippen molar-refractivity contribution >= 4 is 28.9 Å². The molecule has 0 aliphatic carbocycles. The number of benzene rings is 1. The molecule has 2 N–H and O–H groups in total. The van der Waals surface area contributed by atoms with E-state index in [-0.39, 0.29) is 16.0 Å². The largest absolute Gasteiger partial charge is 0.598 e. The van der Waals surface area contributed by atoms with Gasteiger partial charge in [0.2, 0.25) is 0 Å². The first-order valence-corrected chi connectivity index (χ1v) is 9.52. The molecule has 1 rings (SSSR count). The fourth-order valence-electron chi connectivity index (χ4n) is 2.27. The molecule has 0 aromatic heterocycles. The molecule has 0 bridgehead atoms. The van der Waals surface area contributed by atoms with E-state index in [0.717, 1.165) is 5.56 Å². The zero-order valence-electron chi connectivity index (χ0n) is 15.8. The Kier molecular flexibility index (Phi) is 6.60. The van der Waals surface area contributed by atoms with Crippen molar-refractivity contribution in [3.8, 4) is 0 Å². The Hall–Kier alpha value is -0.820. The Morgan fingerprint density at radius 3 is 2.16 bits per heavy atom. The summed E-state index contributed by atoms with van der Waals surface area (Å²) < 4.78 is 29.5. The van der Waals surface area contributed by atoms with Gasteiger partial charge in [-0.15, -0.1) is 4.72 Å². The Morgan fingerprint density at radius 1 is 1.24 bits per heavy atom. The summed E-state index contributed by atoms with van der Waals surface area (Å²) in [4.78, 5) is 11.4. The minimum atomic E-state index is -1.59. The number of hydrogen-bond acceptors (Lipinski definition) is 3. The summed E-state index contributed by atoms with van der Waals surface area (Å²) in [5, 5.41) is 9.24. The molecule has 25 heavy (non-hydrogen) atoms. The number of carboxylic acid groups (broad SMARTS) is 1. The van der Waals surface area contributed by atoms with Gasteiger partial charge in [0.05, 0.1) is 17.0 Å². The second kappa shape index (κ2) is 7.43. The van der Waals surface area contributed by atoms with Gasteiger partial charge in [0.25, 0.3) is 0 Å². The van der Waals surface area contributed by atoms with Gasteiger partial charge in [0, 0.05) is 16.9 Å². The Bertz CT molecular complexity index is 655. The Labute approximate surface area is 157 Å². The van der Waals surface area contributed by atoms with E-state index in [1.165, 1.54) is 6.92 Å². The molecule has 0 aliphatic rings. The van der Waals surface area contributed by atoms with Crippen LogP contribution < -0.4 is 4.72 Å². The monoisotopic (exact) mass is 391 g/mol. The maximum absolute atomic E-state index is 14.8. The van der Waals surface area contributed by atoms with Crippen molar-refractivity contribution in [1.82, 2.24) is 4.72 Å². The molecule has 2 unspecified atom stereocenters. The second-order valence-electron chi connectivity index (χ2n) is 8.46. The van der Waals surface area contributed by atoms with Crippen LogP contribution >= 0.6 is 11.6 Å². The number of nitrogens with one attached hydrogen (secondary N) is 1. The smallest absolute Gasteiger partial charge is 0.305 e. The van der Waals surface area contributed by atoms with Gasteiger partial charge in [0.15, 0.2) is 0 Å². The van der Waals surface area contributed by atoms with Crippen molar-refractivity contribution < 1.29 is 18.8 Å². The molecule has 7 heteroatoms. The molecule has 1 aromatic rings. The van der Waals surface area contributed by atoms with E-state index in [0.29, 0.717) is 0 Å². The van der Waals surface area contributed by atoms with Gasteiger partial charge in [-0.3, -0.25) is 4.79 Å². The van der Waals surface area contributed by atoms with Gasteiger partial charge in [-0.05, 0) is 44.7 Å². The number of carboxylic acids is 1. The summed E-state index contributed by atoms with van der Waals surface area (Å²) in [6, 6.07) is 3.15. The molecular weight excluding hydrogens is 365 g/mol. The third kappa shape index (κ3) is 5.58. The molecule has 2 atom stereocenters. The summed E-state index contributed by atoms with van der Waals surface area (Å²) in [6.07, 6.45) is -0.435. The lowest BCUT2D eigenvalue weighted by atomic mass is 9.82. The molecule has 4 nitrogen and oxygen atoms in total. The highest BCUT2D eigenvalue weighted by Gasteiger charge is 2.41. The summed E-state index contributed by atoms with van der Waals surface area (Å²) >= 11 is 4.48. The molecule has 142 valence electrons. The fraction of sp³-hybridized carbons (Fsp3) is 0.611. The van der Waals surface area contributed by atoms with E-state index in [1.807, 2.05) is 20.8 Å². The van der Waals surface area contributed by atoms with Crippen LogP contribution in [0.2, 0.25) is 5.02 Å². The van der Waals surface area contributed by atoms with Crippen LogP contribution in [-0.2, 0) is 27.1 Å². The van der Waals surface area contributed by atoms with E-state index in [1.54, 1.807) is 32.9 Å². The van der Waals surface area contributed by atoms with Crippen molar-refractivity contribution in [1.29, 1.82) is 0 Å². The standard InChI is InChI=1S/C18H27ClFNO3S/c1-16(2,3)11-8-12(15(20)13(19)9-11)18(7,10-14(22)23)21-25(24)17(4,5)6/h8-9,21H,10H2,1-7H3,(H,22,23). The molecule has 0 saturated carbocycles. The summed E-state index contributed by atoms with van der Waals surface area (Å²) in [7, 11) is 0. The minimum Gasteiger partial charge on any atom is -0.598 e. The van der Waals surface area contributed by atoms with Gasteiger partial charge < -0.3 is 9.66 Å². The molecule has 0 amide bonds. The molecule has 1 aromatic carbocycles. The molecule has 0 saturated heterocycles. The maximum Gasteiger partial charge on any atom is 0.305 e. The first-order valence-electron chi connectivity index (χ1n) is 7.99. The highest BCUT2D eigenvalue weighted by molar-refractivity contribution is 7.90. The van der Waals surface area contributed by atoms with Crippen LogP contribution in [0.15, 0.2) is 12.1 Å². The topological polar surface area (TPSA) is 72.4 Å². The SMILES string of the molecule is CC(C)(C)c1cc(Cl)c(F)c(C(C)(CC(=O)O)N[S+]([O-])C(C)(C)C)c1. The van der Waals surface area contributed by atoms with Crippen molar-refractivity contribution in [3.05, 3.63) is 34.1 Å². The van der Waals surface area contributed by atoms with Crippen molar-refractivity contribution in [2.45, 2.75) is 70.6 Å². The van der Waals surface area contributed by atoms with E-state index in [9.17, 15) is 18.8 Å². The van der Waals surface area contributed by atoms with Crippen LogP contribution in [-0.4, -0.2) is 20.4 Å². The first-order chi connectivity index (χ1) is 11.1. The predicted molar refractivity (Wildman–Crippen MR) is 101 cm³/mol. The highest BCUT2D eigenvalue weighted by atomic mass is 35.5. The van der Waals surface area contributed by atoms with Gasteiger partial charge in [0.1, 0.15) is 10.6 Å². The average molecular weight is 392 g/mol. The van der Waals surface area contributed by atoms with E-state index >= 15 is 0 Å². The van der Waals surface area contributed by atoms with Crippen LogP contribution in [0.4, 0.5) is 4.39 Å². The molecule has 0 radical (unpaired) electrons. The number of hydrogen-bond donors (Lipinski definition) is 2. The van der Waals surface area contributed by atoms with Crippen molar-refractivity contribution in [3.63, 3.8) is 0 Å². The lowest BCUT2D eigenvalue weighted by molar-refractivity contribution is -0.138. The van der Waals surface area contributed by atoms with Gasteiger partial charge in [-0.25, -0.2) is 4.39 Å². The number of rotatable bonds is 5. The lowest BCUT2D eigenvalue weighted by Crippen LogP contribution is -2.51. The van der Waals surface area contributed by atoms with Crippen LogP contribution in [0.3, 0.4) is 0 Å². The predicted octanol–water partition coefficient (Wildman–Crippen LogP) is 4.52. The maximum atomic E-state index is 14.8. The summed E-state index contributed by atoms with van der Waals surface area (Å²) in [5.41, 5.74) is -0.808. The number of halogens is 2. The zero-order valence-corrected chi connectivity index (χ0v) is 17.4. The summed E-state index contributed by atoms with van der Waals surface area (Å²) in [6.45, 7) is 12.7. The fourth-order valence-corrected chi connectivity index (χ4v) is 3.39. The molecule has 0 heterocycles. The van der Waals surface area contributed by atoms with Gasteiger partial charge in [-0.1, -0.05) is 38.4 Å². The van der Waals surface area contributed by atoms with E-state index < -0.39 is 39.9 Å². The number of carbonyl (C=O) groups is 1. The third-order valence-electron chi connectivity index (χ3n) is 3.87. The first kappa shape index (κ1) is 22.2. The van der Waals surface area contributed by atoms with Crippen LogP contribution in [0.25, 0.3) is 0 Å². The number of aliphatic carboxylic acids is 1. The quantitative estimate of drug-likeness (QED) is 0.724. The summed E-state index contributed by atoms with van der Waals surface area (Å²) in [5.74, 6) is -1.82. The minimum absolute atomic E-state index is 0.0811. The van der Waals surface area contributed by atoms with Gasteiger partial charge >= 0.3 is 5.97 Å². The van der Waals surface area contributed by atoms with Crippen LogP contribution in [0, 0.1) is 5.82 Å². The lowest BCUT2D eigenvalue weighted by Gasteiger charge is -2.35. The molecule has 0 fully saturated rings. The van der Waals surface area contributed by atoms with Crippen LogP contribution in [0.1, 0.15) is 66.0 Å². The van der Waals surface area contributed by atoms with E-state index in [2.05, 4.69) is 4.72 Å². The van der Waals surface area contributed by atoms with Crippen molar-refractivity contribution in [2.75, 3.05) is 0 Å². The molecular formula is C18H27ClFNO3S. The highest BCUT2D eigenvalue weighted by Crippen LogP contribution is 2.36. The normalized spacial score (nSPS) is 16.4. The zero-order chi connectivity index (χ0) is 19.8. The second-order valence-corrected chi connectivity index (χ2v) is 10.8. The van der Waals surface area contributed by atoms with Crippen molar-refractivity contribution in [2.24, 2.45) is 0 Å².